The average Bonchev–Trinajstić information content (AvgIpc) is 2.10. The summed E-state index contributed by atoms with van der Waals surface area (Å²) in [5.41, 5.74) is 0.677. The van der Waals surface area contributed by atoms with Gasteiger partial charge in [0.1, 0.15) is 0 Å². The third-order valence-corrected chi connectivity index (χ3v) is 2.62. The second kappa shape index (κ2) is 6.78. The highest BCUT2D eigenvalue weighted by molar-refractivity contribution is 5.93. The van der Waals surface area contributed by atoms with Crippen LogP contribution < -0.4 is 0 Å². The SMILES string of the molecule is C=C(C)C(=O)CCCN(C(C)C)C(C)C. The van der Waals surface area contributed by atoms with Crippen molar-refractivity contribution in [3.8, 4) is 0 Å². The molecule has 0 unspecified atom stereocenters. The topological polar surface area (TPSA) is 20.3 Å². The lowest BCUT2D eigenvalue weighted by molar-refractivity contribution is -0.115. The lowest BCUT2D eigenvalue weighted by Crippen LogP contribution is -2.37. The normalized spacial score (nSPS) is 11.5. The van der Waals surface area contributed by atoms with Gasteiger partial charge in [0.15, 0.2) is 5.78 Å². The zero-order chi connectivity index (χ0) is 12.0. The Kier molecular flexibility index (Phi) is 6.50. The fraction of sp³-hybridized carbons (Fsp3) is 0.769. The maximum absolute atomic E-state index is 11.3. The average molecular weight is 211 g/mol. The Balaban J connectivity index is 3.92. The van der Waals surface area contributed by atoms with Crippen molar-refractivity contribution in [1.29, 1.82) is 0 Å². The molecule has 0 bridgehead atoms. The molecule has 0 heterocycles. The van der Waals surface area contributed by atoms with Crippen LogP contribution in [0.3, 0.4) is 0 Å². The third kappa shape index (κ3) is 5.73. The van der Waals surface area contributed by atoms with Crippen LogP contribution in [0.15, 0.2) is 12.2 Å². The molecule has 0 aromatic heterocycles. The van der Waals surface area contributed by atoms with Gasteiger partial charge in [0.2, 0.25) is 0 Å². The smallest absolute Gasteiger partial charge is 0.158 e. The molecule has 0 fully saturated rings. The monoisotopic (exact) mass is 211 g/mol. The minimum atomic E-state index is 0.197. The first kappa shape index (κ1) is 14.4. The molecule has 2 nitrogen and oxygen atoms in total. The Bertz CT molecular complexity index is 211. The van der Waals surface area contributed by atoms with E-state index in [0.29, 0.717) is 24.1 Å². The van der Waals surface area contributed by atoms with Crippen molar-refractivity contribution in [1.82, 2.24) is 4.90 Å². The van der Waals surface area contributed by atoms with Gasteiger partial charge in [-0.2, -0.15) is 0 Å². The summed E-state index contributed by atoms with van der Waals surface area (Å²) in [7, 11) is 0. The largest absolute Gasteiger partial charge is 0.299 e. The van der Waals surface area contributed by atoms with E-state index in [-0.39, 0.29) is 5.78 Å². The number of carbonyl (C=O) groups excluding carboxylic acids is 1. The first-order valence-electron chi connectivity index (χ1n) is 5.80. The van der Waals surface area contributed by atoms with E-state index in [4.69, 9.17) is 0 Å². The molecule has 0 rings (SSSR count). The number of hydrogen-bond donors (Lipinski definition) is 0. The van der Waals surface area contributed by atoms with E-state index < -0.39 is 0 Å². The predicted molar refractivity (Wildman–Crippen MR) is 66.0 cm³/mol. The molecule has 0 amide bonds. The van der Waals surface area contributed by atoms with Crippen molar-refractivity contribution in [3.63, 3.8) is 0 Å². The van der Waals surface area contributed by atoms with Crippen LogP contribution in [0.5, 0.6) is 0 Å². The van der Waals surface area contributed by atoms with E-state index in [0.717, 1.165) is 13.0 Å². The van der Waals surface area contributed by atoms with Crippen molar-refractivity contribution in [2.24, 2.45) is 0 Å². The number of allylic oxidation sites excluding steroid dienone is 1. The van der Waals surface area contributed by atoms with Crippen LogP contribution in [0, 0.1) is 0 Å². The molecule has 0 N–H and O–H groups in total. The molecular formula is C13H25NO. The third-order valence-electron chi connectivity index (χ3n) is 2.62. The van der Waals surface area contributed by atoms with Crippen LogP contribution in [0.2, 0.25) is 0 Å². The van der Waals surface area contributed by atoms with E-state index in [1.807, 2.05) is 0 Å². The van der Waals surface area contributed by atoms with E-state index in [9.17, 15) is 4.79 Å². The van der Waals surface area contributed by atoms with Crippen LogP contribution in [0.4, 0.5) is 0 Å². The lowest BCUT2D eigenvalue weighted by Gasteiger charge is -2.30. The summed E-state index contributed by atoms with van der Waals surface area (Å²) in [6.45, 7) is 15.2. The summed E-state index contributed by atoms with van der Waals surface area (Å²) in [5.74, 6) is 0.197. The fourth-order valence-electron chi connectivity index (χ4n) is 1.75. The van der Waals surface area contributed by atoms with Gasteiger partial charge in [-0.1, -0.05) is 6.58 Å². The highest BCUT2D eigenvalue weighted by atomic mass is 16.1. The Hall–Kier alpha value is -0.630. The van der Waals surface area contributed by atoms with Crippen molar-refractivity contribution in [3.05, 3.63) is 12.2 Å². The van der Waals surface area contributed by atoms with Gasteiger partial charge in [-0.15, -0.1) is 0 Å². The number of hydrogen-bond acceptors (Lipinski definition) is 2. The van der Waals surface area contributed by atoms with Crippen molar-refractivity contribution >= 4 is 5.78 Å². The van der Waals surface area contributed by atoms with E-state index in [1.54, 1.807) is 6.92 Å². The summed E-state index contributed by atoms with van der Waals surface area (Å²) >= 11 is 0. The summed E-state index contributed by atoms with van der Waals surface area (Å²) < 4.78 is 0. The Labute approximate surface area is 94.4 Å². The van der Waals surface area contributed by atoms with E-state index in [2.05, 4.69) is 39.2 Å². The van der Waals surface area contributed by atoms with Gasteiger partial charge in [0.05, 0.1) is 0 Å². The zero-order valence-corrected chi connectivity index (χ0v) is 10.8. The molecule has 2 heteroatoms. The molecule has 0 aliphatic rings. The highest BCUT2D eigenvalue weighted by Crippen LogP contribution is 2.08. The number of rotatable bonds is 7. The second-order valence-electron chi connectivity index (χ2n) is 4.73. The minimum absolute atomic E-state index is 0.197. The van der Waals surface area contributed by atoms with Gasteiger partial charge in [0.25, 0.3) is 0 Å². The van der Waals surface area contributed by atoms with Crippen molar-refractivity contribution < 1.29 is 4.79 Å². The lowest BCUT2D eigenvalue weighted by atomic mass is 10.1. The second-order valence-corrected chi connectivity index (χ2v) is 4.73. The molecule has 15 heavy (non-hydrogen) atoms. The highest BCUT2D eigenvalue weighted by Gasteiger charge is 2.13. The molecular weight excluding hydrogens is 186 g/mol. The maximum atomic E-state index is 11.3. The van der Waals surface area contributed by atoms with Gasteiger partial charge >= 0.3 is 0 Å². The standard InChI is InChI=1S/C13H25NO/c1-10(2)13(15)8-7-9-14(11(3)4)12(5)6/h11-12H,1,7-9H2,2-6H3. The Morgan fingerprint density at radius 1 is 1.20 bits per heavy atom. The van der Waals surface area contributed by atoms with Crippen molar-refractivity contribution in [2.45, 2.75) is 59.5 Å². The predicted octanol–water partition coefficient (Wildman–Crippen LogP) is 3.03. The fourth-order valence-corrected chi connectivity index (χ4v) is 1.75. The number of carbonyl (C=O) groups is 1. The van der Waals surface area contributed by atoms with E-state index in [1.165, 1.54) is 0 Å². The maximum Gasteiger partial charge on any atom is 0.158 e. The molecule has 0 aromatic rings. The molecule has 0 saturated carbocycles. The first-order chi connectivity index (χ1) is 6.86. The Morgan fingerprint density at radius 2 is 1.67 bits per heavy atom. The quantitative estimate of drug-likeness (QED) is 0.603. The number of ketones is 1. The molecule has 0 aliphatic carbocycles. The molecule has 0 aliphatic heterocycles. The molecule has 88 valence electrons. The molecule has 0 radical (unpaired) electrons. The van der Waals surface area contributed by atoms with Crippen LogP contribution in [0.1, 0.15) is 47.5 Å². The summed E-state index contributed by atoms with van der Waals surface area (Å²) in [4.78, 5) is 13.8. The zero-order valence-electron chi connectivity index (χ0n) is 10.8. The molecule has 0 atom stereocenters. The first-order valence-corrected chi connectivity index (χ1v) is 5.80. The van der Waals surface area contributed by atoms with Gasteiger partial charge in [-0.05, 0) is 53.2 Å². The van der Waals surface area contributed by atoms with Crippen molar-refractivity contribution in [2.75, 3.05) is 6.54 Å². The minimum Gasteiger partial charge on any atom is -0.299 e. The molecule has 0 saturated heterocycles. The summed E-state index contributed by atoms with van der Waals surface area (Å²) in [6.07, 6.45) is 1.56. The van der Waals surface area contributed by atoms with Crippen LogP contribution >= 0.6 is 0 Å². The van der Waals surface area contributed by atoms with Crippen LogP contribution in [-0.4, -0.2) is 29.3 Å². The van der Waals surface area contributed by atoms with Gasteiger partial charge in [-0.3, -0.25) is 9.69 Å². The van der Waals surface area contributed by atoms with Crippen LogP contribution in [0.25, 0.3) is 0 Å². The summed E-state index contributed by atoms with van der Waals surface area (Å²) in [6, 6.07) is 1.09. The van der Waals surface area contributed by atoms with Gasteiger partial charge in [0, 0.05) is 18.5 Å². The van der Waals surface area contributed by atoms with E-state index >= 15 is 0 Å². The van der Waals surface area contributed by atoms with Gasteiger partial charge in [-0.25, -0.2) is 0 Å². The molecule has 0 spiro atoms. The number of nitrogens with zero attached hydrogens (tertiary/aromatic N) is 1. The van der Waals surface area contributed by atoms with Gasteiger partial charge < -0.3 is 0 Å². The van der Waals surface area contributed by atoms with Crippen LogP contribution in [-0.2, 0) is 4.79 Å². The Morgan fingerprint density at radius 3 is 2.00 bits per heavy atom. The summed E-state index contributed by atoms with van der Waals surface area (Å²) in [5, 5.41) is 0. The number of Topliss-reactive ketones (excluding diaryl/α,β-unsaturated/α-hetero) is 1. The molecule has 0 aromatic carbocycles.